The summed E-state index contributed by atoms with van der Waals surface area (Å²) in [5.74, 6) is 1.46. The van der Waals surface area contributed by atoms with Crippen LogP contribution in [0.15, 0.2) is 48.5 Å². The van der Waals surface area contributed by atoms with Crippen LogP contribution in [0.3, 0.4) is 0 Å². The maximum Gasteiger partial charge on any atom is 0.240 e. The number of halogens is 1. The number of benzene rings is 2. The predicted molar refractivity (Wildman–Crippen MR) is 109 cm³/mol. The number of thioether (sulfide) groups is 1. The minimum absolute atomic E-state index is 0.0801. The molecule has 0 spiro atoms. The number of nitrogens with zero attached hydrogens (tertiary/aromatic N) is 2. The van der Waals surface area contributed by atoms with E-state index in [9.17, 15) is 9.18 Å². The summed E-state index contributed by atoms with van der Waals surface area (Å²) in [6.45, 7) is 4.29. The zero-order chi connectivity index (χ0) is 19.4. The molecule has 6 heteroatoms. The fourth-order valence-corrected chi connectivity index (χ4v) is 3.69. The van der Waals surface area contributed by atoms with Crippen molar-refractivity contribution in [2.45, 2.75) is 32.2 Å². The first-order valence-corrected chi connectivity index (χ1v) is 10.4. The van der Waals surface area contributed by atoms with E-state index in [0.29, 0.717) is 0 Å². The monoisotopic (exact) mass is 385 g/mol. The van der Waals surface area contributed by atoms with Crippen LogP contribution in [0.1, 0.15) is 31.3 Å². The largest absolute Gasteiger partial charge is 0.347 e. The molecule has 4 nitrogen and oxygen atoms in total. The summed E-state index contributed by atoms with van der Waals surface area (Å²) in [5.41, 5.74) is 2.76. The Kier molecular flexibility index (Phi) is 6.16. The summed E-state index contributed by atoms with van der Waals surface area (Å²) in [6, 6.07) is 14.0. The highest BCUT2D eigenvalue weighted by Gasteiger charge is 2.20. The molecular formula is C21H24FN3OS. The Hall–Kier alpha value is -2.34. The summed E-state index contributed by atoms with van der Waals surface area (Å²) in [7, 11) is 0. The molecule has 0 aliphatic heterocycles. The van der Waals surface area contributed by atoms with Gasteiger partial charge in [0.1, 0.15) is 18.2 Å². The Morgan fingerprint density at radius 1 is 1.19 bits per heavy atom. The molecule has 1 heterocycles. The van der Waals surface area contributed by atoms with Crippen LogP contribution in [0.5, 0.6) is 0 Å². The minimum atomic E-state index is -0.279. The molecule has 3 rings (SSSR count). The highest BCUT2D eigenvalue weighted by atomic mass is 32.2. The zero-order valence-electron chi connectivity index (χ0n) is 15.8. The van der Waals surface area contributed by atoms with Crippen molar-refractivity contribution in [2.24, 2.45) is 5.92 Å². The van der Waals surface area contributed by atoms with Gasteiger partial charge in [-0.25, -0.2) is 9.37 Å². The molecule has 1 unspecified atom stereocenters. The quantitative estimate of drug-likeness (QED) is 0.649. The van der Waals surface area contributed by atoms with Crippen LogP contribution in [0.2, 0.25) is 0 Å². The molecule has 1 amide bonds. The highest BCUT2D eigenvalue weighted by molar-refractivity contribution is 7.97. The molecule has 1 atom stereocenters. The standard InChI is InChI=1S/C21H24FN3OS/c1-14(2)21(15-8-10-16(22)11-9-15)24-20(26)12-25-18-7-5-4-6-17(18)23-19(25)13-27-3/h4-11,14,21H,12-13H2,1-3H3,(H,24,26). The number of aromatic nitrogens is 2. The van der Waals surface area contributed by atoms with Gasteiger partial charge in [0.05, 0.1) is 22.8 Å². The van der Waals surface area contributed by atoms with E-state index >= 15 is 0 Å². The van der Waals surface area contributed by atoms with Crippen molar-refractivity contribution in [1.29, 1.82) is 0 Å². The third kappa shape index (κ3) is 4.50. The van der Waals surface area contributed by atoms with Gasteiger partial charge in [0.25, 0.3) is 0 Å². The predicted octanol–water partition coefficient (Wildman–Crippen LogP) is 4.55. The fraction of sp³-hybridized carbons (Fsp3) is 0.333. The Morgan fingerprint density at radius 3 is 2.56 bits per heavy atom. The van der Waals surface area contributed by atoms with Crippen molar-refractivity contribution < 1.29 is 9.18 Å². The number of hydrogen-bond donors (Lipinski definition) is 1. The second-order valence-electron chi connectivity index (χ2n) is 6.88. The lowest BCUT2D eigenvalue weighted by atomic mass is 9.96. The van der Waals surface area contributed by atoms with Gasteiger partial charge in [0.15, 0.2) is 0 Å². The lowest BCUT2D eigenvalue weighted by Gasteiger charge is -2.23. The van der Waals surface area contributed by atoms with E-state index in [0.717, 1.165) is 28.2 Å². The van der Waals surface area contributed by atoms with Crippen LogP contribution in [-0.2, 0) is 17.1 Å². The van der Waals surface area contributed by atoms with Crippen LogP contribution in [-0.4, -0.2) is 21.7 Å². The third-order valence-corrected chi connectivity index (χ3v) is 5.07. The van der Waals surface area contributed by atoms with Crippen LogP contribution in [0, 0.1) is 11.7 Å². The average molecular weight is 386 g/mol. The van der Waals surface area contributed by atoms with Crippen molar-refractivity contribution in [3.05, 3.63) is 65.7 Å². The van der Waals surface area contributed by atoms with E-state index in [1.165, 1.54) is 12.1 Å². The molecule has 1 N–H and O–H groups in total. The van der Waals surface area contributed by atoms with Gasteiger partial charge >= 0.3 is 0 Å². The Bertz CT molecular complexity index is 921. The molecule has 27 heavy (non-hydrogen) atoms. The lowest BCUT2D eigenvalue weighted by molar-refractivity contribution is -0.122. The fourth-order valence-electron chi connectivity index (χ4n) is 3.21. The Morgan fingerprint density at radius 2 is 1.89 bits per heavy atom. The van der Waals surface area contributed by atoms with Crippen molar-refractivity contribution in [1.82, 2.24) is 14.9 Å². The van der Waals surface area contributed by atoms with E-state index in [2.05, 4.69) is 10.3 Å². The van der Waals surface area contributed by atoms with Gasteiger partial charge in [-0.2, -0.15) is 11.8 Å². The Labute approximate surface area is 163 Å². The third-order valence-electron chi connectivity index (χ3n) is 4.52. The maximum atomic E-state index is 13.2. The van der Waals surface area contributed by atoms with Gasteiger partial charge in [-0.05, 0) is 42.0 Å². The van der Waals surface area contributed by atoms with E-state index in [4.69, 9.17) is 0 Å². The number of imidazole rings is 1. The zero-order valence-corrected chi connectivity index (χ0v) is 16.6. The molecule has 0 aliphatic rings. The second kappa shape index (κ2) is 8.57. The summed E-state index contributed by atoms with van der Waals surface area (Å²) in [4.78, 5) is 17.5. The smallest absolute Gasteiger partial charge is 0.240 e. The summed E-state index contributed by atoms with van der Waals surface area (Å²) in [5, 5.41) is 3.11. The highest BCUT2D eigenvalue weighted by Crippen LogP contribution is 2.23. The van der Waals surface area contributed by atoms with Crippen LogP contribution >= 0.6 is 11.8 Å². The van der Waals surface area contributed by atoms with Gasteiger partial charge in [0.2, 0.25) is 5.91 Å². The molecule has 0 bridgehead atoms. The number of rotatable bonds is 7. The molecule has 0 aliphatic carbocycles. The first kappa shape index (κ1) is 19.4. The molecule has 0 saturated heterocycles. The molecule has 0 saturated carbocycles. The normalized spacial score (nSPS) is 12.5. The lowest BCUT2D eigenvalue weighted by Crippen LogP contribution is -2.34. The van der Waals surface area contributed by atoms with Crippen molar-refractivity contribution >= 4 is 28.7 Å². The van der Waals surface area contributed by atoms with Crippen molar-refractivity contribution in [3.8, 4) is 0 Å². The van der Waals surface area contributed by atoms with Crippen LogP contribution in [0.4, 0.5) is 4.39 Å². The van der Waals surface area contributed by atoms with Gasteiger partial charge in [-0.15, -0.1) is 0 Å². The number of fused-ring (bicyclic) bond motifs is 1. The number of amides is 1. The van der Waals surface area contributed by atoms with Crippen LogP contribution in [0.25, 0.3) is 11.0 Å². The first-order chi connectivity index (χ1) is 13.0. The maximum absolute atomic E-state index is 13.2. The number of carbonyl (C=O) groups is 1. The molecule has 2 aromatic carbocycles. The number of hydrogen-bond acceptors (Lipinski definition) is 3. The van der Waals surface area contributed by atoms with Gasteiger partial charge in [-0.1, -0.05) is 38.1 Å². The van der Waals surface area contributed by atoms with Gasteiger partial charge in [-0.3, -0.25) is 4.79 Å². The molecule has 3 aromatic rings. The van der Waals surface area contributed by atoms with E-state index in [1.807, 2.05) is 48.9 Å². The number of carbonyl (C=O) groups excluding carboxylic acids is 1. The molecule has 0 radical (unpaired) electrons. The molecular weight excluding hydrogens is 361 g/mol. The average Bonchev–Trinajstić information content (AvgIpc) is 2.98. The van der Waals surface area contributed by atoms with Gasteiger partial charge < -0.3 is 9.88 Å². The van der Waals surface area contributed by atoms with E-state index in [1.54, 1.807) is 23.9 Å². The Balaban J connectivity index is 1.83. The molecule has 142 valence electrons. The van der Waals surface area contributed by atoms with Crippen LogP contribution < -0.4 is 5.32 Å². The van der Waals surface area contributed by atoms with Crippen molar-refractivity contribution in [2.75, 3.05) is 6.26 Å². The van der Waals surface area contributed by atoms with E-state index < -0.39 is 0 Å². The van der Waals surface area contributed by atoms with E-state index in [-0.39, 0.29) is 30.2 Å². The topological polar surface area (TPSA) is 46.9 Å². The molecule has 1 aromatic heterocycles. The second-order valence-corrected chi connectivity index (χ2v) is 7.74. The molecule has 0 fully saturated rings. The SMILES string of the molecule is CSCc1nc2ccccc2n1CC(=O)NC(c1ccc(F)cc1)C(C)C. The van der Waals surface area contributed by atoms with Crippen molar-refractivity contribution in [3.63, 3.8) is 0 Å². The number of para-hydroxylation sites is 2. The van der Waals surface area contributed by atoms with Gasteiger partial charge in [0, 0.05) is 0 Å². The summed E-state index contributed by atoms with van der Waals surface area (Å²) in [6.07, 6.45) is 2.02. The summed E-state index contributed by atoms with van der Waals surface area (Å²) < 4.78 is 15.2. The number of nitrogens with one attached hydrogen (secondary N) is 1. The summed E-state index contributed by atoms with van der Waals surface area (Å²) >= 11 is 1.68. The first-order valence-electron chi connectivity index (χ1n) is 8.97. The minimum Gasteiger partial charge on any atom is -0.347 e.